The van der Waals surface area contributed by atoms with Crippen molar-refractivity contribution in [2.75, 3.05) is 26.7 Å². The van der Waals surface area contributed by atoms with Crippen molar-refractivity contribution in [2.24, 2.45) is 0 Å². The van der Waals surface area contributed by atoms with E-state index in [2.05, 4.69) is 10.6 Å². The lowest BCUT2D eigenvalue weighted by Crippen LogP contribution is -2.26. The lowest BCUT2D eigenvalue weighted by atomic mass is 10.1. The lowest BCUT2D eigenvalue weighted by Gasteiger charge is -2.06. The molecule has 0 aromatic heterocycles. The van der Waals surface area contributed by atoms with Crippen molar-refractivity contribution < 1.29 is 0 Å². The zero-order chi connectivity index (χ0) is 11.1. The predicted molar refractivity (Wildman–Crippen MR) is 67.0 cm³/mol. The van der Waals surface area contributed by atoms with E-state index in [4.69, 9.17) is 23.2 Å². The Morgan fingerprint density at radius 1 is 1.13 bits per heavy atom. The minimum Gasteiger partial charge on any atom is -0.318 e. The second-order valence-corrected chi connectivity index (χ2v) is 4.18. The van der Waals surface area contributed by atoms with Crippen molar-refractivity contribution in [3.05, 3.63) is 33.8 Å². The lowest BCUT2D eigenvalue weighted by molar-refractivity contribution is 0.649. The normalized spacial score (nSPS) is 10.6. The maximum atomic E-state index is 6.05. The van der Waals surface area contributed by atoms with Gasteiger partial charge >= 0.3 is 0 Å². The van der Waals surface area contributed by atoms with Gasteiger partial charge in [0.05, 0.1) is 0 Å². The van der Waals surface area contributed by atoms with Crippen molar-refractivity contribution in [1.82, 2.24) is 10.6 Å². The molecule has 1 rings (SSSR count). The summed E-state index contributed by atoms with van der Waals surface area (Å²) in [6, 6.07) is 5.63. The minimum absolute atomic E-state index is 0.687. The van der Waals surface area contributed by atoms with Crippen molar-refractivity contribution in [1.29, 1.82) is 0 Å². The Morgan fingerprint density at radius 3 is 2.60 bits per heavy atom. The van der Waals surface area contributed by atoms with Gasteiger partial charge in [0.2, 0.25) is 0 Å². The molecule has 0 radical (unpaired) electrons. The van der Waals surface area contributed by atoms with E-state index in [0.29, 0.717) is 5.02 Å². The van der Waals surface area contributed by atoms with Gasteiger partial charge in [0, 0.05) is 23.1 Å². The van der Waals surface area contributed by atoms with E-state index in [1.807, 2.05) is 19.2 Å². The molecule has 0 unspecified atom stereocenters. The molecule has 2 nitrogen and oxygen atoms in total. The van der Waals surface area contributed by atoms with Crippen LogP contribution in [0.4, 0.5) is 0 Å². The smallest absolute Gasteiger partial charge is 0.0453 e. The summed E-state index contributed by atoms with van der Waals surface area (Å²) < 4.78 is 0. The number of likely N-dealkylation sites (N-methyl/N-ethyl adjacent to an activating group) is 1. The molecule has 0 aliphatic carbocycles. The van der Waals surface area contributed by atoms with Crippen LogP contribution in [0.1, 0.15) is 5.56 Å². The predicted octanol–water partition coefficient (Wildman–Crippen LogP) is 2.34. The highest BCUT2D eigenvalue weighted by Gasteiger charge is 2.00. The summed E-state index contributed by atoms with van der Waals surface area (Å²) in [5, 5.41) is 7.84. The molecule has 0 bridgehead atoms. The fraction of sp³-hybridized carbons (Fsp3) is 0.455. The first kappa shape index (κ1) is 12.8. The number of halogens is 2. The number of hydrogen-bond acceptors (Lipinski definition) is 2. The maximum Gasteiger partial charge on any atom is 0.0453 e. The Bertz CT molecular complexity index is 303. The van der Waals surface area contributed by atoms with Gasteiger partial charge in [-0.05, 0) is 37.7 Å². The molecule has 0 heterocycles. The molecule has 4 heteroatoms. The van der Waals surface area contributed by atoms with Crippen LogP contribution in [-0.4, -0.2) is 26.7 Å². The first-order chi connectivity index (χ1) is 7.24. The molecule has 0 aliphatic heterocycles. The van der Waals surface area contributed by atoms with Crippen LogP contribution in [0.3, 0.4) is 0 Å². The Morgan fingerprint density at radius 2 is 1.93 bits per heavy atom. The van der Waals surface area contributed by atoms with Crippen LogP contribution in [0.25, 0.3) is 0 Å². The van der Waals surface area contributed by atoms with Gasteiger partial charge in [-0.3, -0.25) is 0 Å². The molecule has 0 spiro atoms. The summed E-state index contributed by atoms with van der Waals surface area (Å²) >= 11 is 11.9. The second kappa shape index (κ2) is 7.07. The van der Waals surface area contributed by atoms with Gasteiger partial charge in [-0.1, -0.05) is 29.3 Å². The second-order valence-electron chi connectivity index (χ2n) is 3.34. The number of hydrogen-bond donors (Lipinski definition) is 2. The van der Waals surface area contributed by atoms with E-state index in [1.165, 1.54) is 0 Å². The van der Waals surface area contributed by atoms with Crippen LogP contribution < -0.4 is 10.6 Å². The summed E-state index contributed by atoms with van der Waals surface area (Å²) in [5.41, 5.74) is 1.14. The molecular weight excluding hydrogens is 231 g/mol. The third kappa shape index (κ3) is 4.85. The zero-order valence-electron chi connectivity index (χ0n) is 8.82. The number of nitrogens with one attached hydrogen (secondary N) is 2. The van der Waals surface area contributed by atoms with Gasteiger partial charge in [-0.2, -0.15) is 0 Å². The van der Waals surface area contributed by atoms with E-state index >= 15 is 0 Å². The largest absolute Gasteiger partial charge is 0.318 e. The zero-order valence-corrected chi connectivity index (χ0v) is 10.3. The Hall–Kier alpha value is -0.280. The Balaban J connectivity index is 2.31. The van der Waals surface area contributed by atoms with Gasteiger partial charge in [0.25, 0.3) is 0 Å². The van der Waals surface area contributed by atoms with Gasteiger partial charge < -0.3 is 10.6 Å². The molecule has 0 saturated carbocycles. The summed E-state index contributed by atoms with van der Waals surface area (Å²) in [7, 11) is 1.94. The molecule has 84 valence electrons. The maximum absolute atomic E-state index is 6.05. The molecule has 0 atom stereocenters. The molecule has 0 amide bonds. The minimum atomic E-state index is 0.687. The molecule has 2 N–H and O–H groups in total. The highest BCUT2D eigenvalue weighted by Crippen LogP contribution is 2.20. The SMILES string of the molecule is CNCCNCCc1ccc(Cl)cc1Cl. The monoisotopic (exact) mass is 246 g/mol. The molecule has 0 aliphatic rings. The van der Waals surface area contributed by atoms with Crippen LogP contribution in [0.5, 0.6) is 0 Å². The van der Waals surface area contributed by atoms with Crippen molar-refractivity contribution in [3.8, 4) is 0 Å². The third-order valence-corrected chi connectivity index (χ3v) is 2.72. The quantitative estimate of drug-likeness (QED) is 0.754. The van der Waals surface area contributed by atoms with E-state index in [9.17, 15) is 0 Å². The summed E-state index contributed by atoms with van der Waals surface area (Å²) in [6.45, 7) is 2.89. The molecule has 0 saturated heterocycles. The van der Waals surface area contributed by atoms with Crippen molar-refractivity contribution >= 4 is 23.2 Å². The average molecular weight is 247 g/mol. The highest BCUT2D eigenvalue weighted by molar-refractivity contribution is 6.35. The third-order valence-electron chi connectivity index (χ3n) is 2.14. The summed E-state index contributed by atoms with van der Waals surface area (Å²) in [6.07, 6.45) is 0.930. The summed E-state index contributed by atoms with van der Waals surface area (Å²) in [5.74, 6) is 0. The molecule has 1 aromatic rings. The van der Waals surface area contributed by atoms with E-state index < -0.39 is 0 Å². The number of benzene rings is 1. The van der Waals surface area contributed by atoms with Crippen molar-refractivity contribution in [2.45, 2.75) is 6.42 Å². The fourth-order valence-corrected chi connectivity index (χ4v) is 1.79. The molecular formula is C11H16Cl2N2. The van der Waals surface area contributed by atoms with Crippen LogP contribution in [-0.2, 0) is 6.42 Å². The first-order valence-corrected chi connectivity index (χ1v) is 5.79. The van der Waals surface area contributed by atoms with Crippen LogP contribution >= 0.6 is 23.2 Å². The van der Waals surface area contributed by atoms with Crippen LogP contribution in [0, 0.1) is 0 Å². The Labute approximate surface area is 101 Å². The van der Waals surface area contributed by atoms with E-state index in [-0.39, 0.29) is 0 Å². The first-order valence-electron chi connectivity index (χ1n) is 5.03. The van der Waals surface area contributed by atoms with Crippen molar-refractivity contribution in [3.63, 3.8) is 0 Å². The van der Waals surface area contributed by atoms with Gasteiger partial charge in [-0.25, -0.2) is 0 Å². The summed E-state index contributed by atoms with van der Waals surface area (Å²) in [4.78, 5) is 0. The average Bonchev–Trinajstić information content (AvgIpc) is 2.20. The molecule has 1 aromatic carbocycles. The van der Waals surface area contributed by atoms with Gasteiger partial charge in [-0.15, -0.1) is 0 Å². The fourth-order valence-electron chi connectivity index (χ4n) is 1.29. The topological polar surface area (TPSA) is 24.1 Å². The van der Waals surface area contributed by atoms with Crippen LogP contribution in [0.2, 0.25) is 10.0 Å². The molecule has 15 heavy (non-hydrogen) atoms. The number of rotatable bonds is 6. The van der Waals surface area contributed by atoms with Gasteiger partial charge in [0.1, 0.15) is 0 Å². The van der Waals surface area contributed by atoms with Crippen LogP contribution in [0.15, 0.2) is 18.2 Å². The van der Waals surface area contributed by atoms with E-state index in [0.717, 1.165) is 36.6 Å². The molecule has 0 fully saturated rings. The highest BCUT2D eigenvalue weighted by atomic mass is 35.5. The van der Waals surface area contributed by atoms with Gasteiger partial charge in [0.15, 0.2) is 0 Å². The van der Waals surface area contributed by atoms with E-state index in [1.54, 1.807) is 6.07 Å². The Kier molecular flexibility index (Phi) is 6.03. The standard InChI is InChI=1S/C11H16Cl2N2/c1-14-6-7-15-5-4-9-2-3-10(12)8-11(9)13/h2-3,8,14-15H,4-7H2,1H3.